The highest BCUT2D eigenvalue weighted by molar-refractivity contribution is 6.30. The zero-order chi connectivity index (χ0) is 18.4. The Morgan fingerprint density at radius 3 is 2.52 bits per heavy atom. The minimum absolute atomic E-state index is 0.00178. The van der Waals surface area contributed by atoms with Crippen molar-refractivity contribution in [2.45, 2.75) is 26.3 Å². The molecule has 1 aromatic carbocycles. The third kappa shape index (κ3) is 5.90. The third-order valence-corrected chi connectivity index (χ3v) is 4.52. The van der Waals surface area contributed by atoms with E-state index >= 15 is 0 Å². The van der Waals surface area contributed by atoms with Crippen molar-refractivity contribution in [2.75, 3.05) is 37.6 Å². The second-order valence-electron chi connectivity index (χ2n) is 6.80. The van der Waals surface area contributed by atoms with Crippen LogP contribution in [0.3, 0.4) is 0 Å². The number of hydrogen-bond donors (Lipinski definition) is 2. The van der Waals surface area contributed by atoms with Crippen molar-refractivity contribution in [3.8, 4) is 0 Å². The molecule has 2 amide bonds. The smallest absolute Gasteiger partial charge is 0.242 e. The van der Waals surface area contributed by atoms with Crippen LogP contribution in [0.5, 0.6) is 0 Å². The highest BCUT2D eigenvalue weighted by Gasteiger charge is 2.22. The fourth-order valence-electron chi connectivity index (χ4n) is 2.91. The summed E-state index contributed by atoms with van der Waals surface area (Å²) in [7, 11) is 0. The summed E-state index contributed by atoms with van der Waals surface area (Å²) in [5.74, 6) is 0.00599. The molecule has 1 aliphatic rings. The van der Waals surface area contributed by atoms with Gasteiger partial charge in [0, 0.05) is 36.9 Å². The summed E-state index contributed by atoms with van der Waals surface area (Å²) in [4.78, 5) is 28.2. The number of piperazine rings is 1. The molecule has 1 aliphatic heterocycles. The van der Waals surface area contributed by atoms with Crippen LogP contribution in [0.2, 0.25) is 5.02 Å². The van der Waals surface area contributed by atoms with E-state index in [1.54, 1.807) is 4.90 Å². The molecule has 0 spiro atoms. The lowest BCUT2D eigenvalue weighted by Crippen LogP contribution is -2.52. The molecular weight excluding hydrogens is 340 g/mol. The quantitative estimate of drug-likeness (QED) is 0.799. The maximum absolute atomic E-state index is 12.3. The molecule has 1 atom stereocenters. The van der Waals surface area contributed by atoms with E-state index in [1.165, 1.54) is 0 Å². The minimum atomic E-state index is -0.563. The van der Waals surface area contributed by atoms with Crippen molar-refractivity contribution in [1.29, 1.82) is 0 Å². The first-order chi connectivity index (χ1) is 11.9. The van der Waals surface area contributed by atoms with Gasteiger partial charge in [0.1, 0.15) is 0 Å². The molecule has 138 valence electrons. The van der Waals surface area contributed by atoms with Crippen LogP contribution in [0.25, 0.3) is 0 Å². The fraction of sp³-hybridized carbons (Fsp3) is 0.556. The van der Waals surface area contributed by atoms with E-state index < -0.39 is 6.04 Å². The number of hydrogen-bond acceptors (Lipinski definition) is 4. The highest BCUT2D eigenvalue weighted by Crippen LogP contribution is 2.20. The molecular formula is C18H27ClN4O2. The number of rotatable bonds is 6. The maximum Gasteiger partial charge on any atom is 0.242 e. The lowest BCUT2D eigenvalue weighted by atomic mass is 10.0. The first-order valence-corrected chi connectivity index (χ1v) is 9.06. The molecule has 1 heterocycles. The molecule has 0 unspecified atom stereocenters. The predicted molar refractivity (Wildman–Crippen MR) is 101 cm³/mol. The van der Waals surface area contributed by atoms with E-state index in [1.807, 2.05) is 38.1 Å². The SMILES string of the molecule is CC(C)C[C@H](N)C(=O)NCC(=O)N1CCN(c2cccc(Cl)c2)CC1. The Hall–Kier alpha value is -1.79. The Balaban J connectivity index is 1.76. The molecule has 0 aliphatic carbocycles. The van der Waals surface area contributed by atoms with Crippen molar-refractivity contribution in [1.82, 2.24) is 10.2 Å². The Kier molecular flexibility index (Phi) is 7.08. The van der Waals surface area contributed by atoms with Gasteiger partial charge in [0.25, 0.3) is 0 Å². The monoisotopic (exact) mass is 366 g/mol. The minimum Gasteiger partial charge on any atom is -0.368 e. The summed E-state index contributed by atoms with van der Waals surface area (Å²) in [6.07, 6.45) is 0.609. The van der Waals surface area contributed by atoms with E-state index in [0.29, 0.717) is 30.5 Å². The molecule has 0 bridgehead atoms. The van der Waals surface area contributed by atoms with Crippen molar-refractivity contribution >= 4 is 29.1 Å². The van der Waals surface area contributed by atoms with Gasteiger partial charge in [-0.05, 0) is 30.5 Å². The van der Waals surface area contributed by atoms with Gasteiger partial charge < -0.3 is 20.9 Å². The maximum atomic E-state index is 12.3. The lowest BCUT2D eigenvalue weighted by molar-refractivity contribution is -0.133. The van der Waals surface area contributed by atoms with Gasteiger partial charge in [-0.3, -0.25) is 9.59 Å². The van der Waals surface area contributed by atoms with Gasteiger partial charge in [-0.1, -0.05) is 31.5 Å². The van der Waals surface area contributed by atoms with Gasteiger partial charge in [-0.2, -0.15) is 0 Å². The van der Waals surface area contributed by atoms with Crippen molar-refractivity contribution < 1.29 is 9.59 Å². The molecule has 0 radical (unpaired) electrons. The van der Waals surface area contributed by atoms with Crippen LogP contribution in [0.4, 0.5) is 5.69 Å². The van der Waals surface area contributed by atoms with Gasteiger partial charge in [0.15, 0.2) is 0 Å². The Labute approximate surface area is 154 Å². The zero-order valence-electron chi connectivity index (χ0n) is 14.9. The Morgan fingerprint density at radius 1 is 1.24 bits per heavy atom. The average molecular weight is 367 g/mol. The molecule has 0 aromatic heterocycles. The molecule has 25 heavy (non-hydrogen) atoms. The van der Waals surface area contributed by atoms with Crippen molar-refractivity contribution in [3.05, 3.63) is 29.3 Å². The molecule has 0 saturated carbocycles. The van der Waals surface area contributed by atoms with Crippen LogP contribution < -0.4 is 16.0 Å². The zero-order valence-corrected chi connectivity index (χ0v) is 15.6. The molecule has 6 nitrogen and oxygen atoms in total. The van der Waals surface area contributed by atoms with E-state index in [4.69, 9.17) is 17.3 Å². The van der Waals surface area contributed by atoms with Gasteiger partial charge >= 0.3 is 0 Å². The number of anilines is 1. The Bertz CT molecular complexity index is 600. The fourth-order valence-corrected chi connectivity index (χ4v) is 3.09. The lowest BCUT2D eigenvalue weighted by Gasteiger charge is -2.36. The number of nitrogens with two attached hydrogens (primary N) is 1. The Morgan fingerprint density at radius 2 is 1.92 bits per heavy atom. The van der Waals surface area contributed by atoms with Crippen molar-refractivity contribution in [3.63, 3.8) is 0 Å². The highest BCUT2D eigenvalue weighted by atomic mass is 35.5. The summed E-state index contributed by atoms with van der Waals surface area (Å²) >= 11 is 6.03. The van der Waals surface area contributed by atoms with Crippen LogP contribution in [0.15, 0.2) is 24.3 Å². The summed E-state index contributed by atoms with van der Waals surface area (Å²) in [5, 5.41) is 3.35. The number of nitrogens with zero attached hydrogens (tertiary/aromatic N) is 2. The second kappa shape index (κ2) is 9.06. The van der Waals surface area contributed by atoms with Gasteiger partial charge in [-0.15, -0.1) is 0 Å². The molecule has 1 fully saturated rings. The van der Waals surface area contributed by atoms with Crippen LogP contribution in [-0.2, 0) is 9.59 Å². The first-order valence-electron chi connectivity index (χ1n) is 8.68. The topological polar surface area (TPSA) is 78.7 Å². The number of carbonyl (C=O) groups is 2. The van der Waals surface area contributed by atoms with Crippen LogP contribution in [-0.4, -0.2) is 55.5 Å². The molecule has 7 heteroatoms. The van der Waals surface area contributed by atoms with Gasteiger partial charge in [0.2, 0.25) is 11.8 Å². The molecule has 3 N–H and O–H groups in total. The average Bonchev–Trinajstić information content (AvgIpc) is 2.59. The largest absolute Gasteiger partial charge is 0.368 e. The molecule has 2 rings (SSSR count). The summed E-state index contributed by atoms with van der Waals surface area (Å²) in [6.45, 7) is 6.76. The molecule has 1 saturated heterocycles. The summed E-state index contributed by atoms with van der Waals surface area (Å²) in [5.41, 5.74) is 6.89. The van der Waals surface area contributed by atoms with Crippen LogP contribution >= 0.6 is 11.6 Å². The number of amides is 2. The van der Waals surface area contributed by atoms with Gasteiger partial charge in [-0.25, -0.2) is 0 Å². The van der Waals surface area contributed by atoms with E-state index in [9.17, 15) is 9.59 Å². The van der Waals surface area contributed by atoms with E-state index in [2.05, 4.69) is 10.2 Å². The van der Waals surface area contributed by atoms with Gasteiger partial charge in [0.05, 0.1) is 12.6 Å². The standard InChI is InChI=1S/C18H27ClN4O2/c1-13(2)10-16(20)18(25)21-12-17(24)23-8-6-22(7-9-23)15-5-3-4-14(19)11-15/h3-5,11,13,16H,6-10,12,20H2,1-2H3,(H,21,25)/t16-/m0/s1. The number of nitrogens with one attached hydrogen (secondary N) is 1. The number of carbonyl (C=O) groups excluding carboxylic acids is 2. The van der Waals surface area contributed by atoms with Crippen LogP contribution in [0.1, 0.15) is 20.3 Å². The van der Waals surface area contributed by atoms with E-state index in [-0.39, 0.29) is 18.4 Å². The number of benzene rings is 1. The van der Waals surface area contributed by atoms with Crippen LogP contribution in [0, 0.1) is 5.92 Å². The number of halogens is 1. The van der Waals surface area contributed by atoms with E-state index in [0.717, 1.165) is 18.8 Å². The van der Waals surface area contributed by atoms with Crippen molar-refractivity contribution in [2.24, 2.45) is 11.7 Å². The first kappa shape index (κ1) is 19.5. The summed E-state index contributed by atoms with van der Waals surface area (Å²) in [6, 6.07) is 7.14. The summed E-state index contributed by atoms with van der Waals surface area (Å²) < 4.78 is 0. The molecule has 1 aromatic rings. The third-order valence-electron chi connectivity index (χ3n) is 4.28. The second-order valence-corrected chi connectivity index (χ2v) is 7.24. The predicted octanol–water partition coefficient (Wildman–Crippen LogP) is 1.48. The normalized spacial score (nSPS) is 16.0.